The number of nitro groups is 1. The molecule has 100 valence electrons. The van der Waals surface area contributed by atoms with Crippen LogP contribution in [-0.2, 0) is 4.79 Å². The van der Waals surface area contributed by atoms with Crippen molar-refractivity contribution in [1.82, 2.24) is 0 Å². The van der Waals surface area contributed by atoms with Gasteiger partial charge in [-0.1, -0.05) is 10.8 Å². The number of carbonyl (C=O) groups is 1. The lowest BCUT2D eigenvalue weighted by Gasteiger charge is -1.96. The van der Waals surface area contributed by atoms with Gasteiger partial charge in [0.2, 0.25) is 0 Å². The molecule has 18 heavy (non-hydrogen) atoms. The fourth-order valence-corrected chi connectivity index (χ4v) is 1.49. The van der Waals surface area contributed by atoms with Crippen molar-refractivity contribution in [3.8, 4) is 0 Å². The molecule has 0 aliphatic heterocycles. The molecule has 0 saturated carbocycles. The molecule has 0 radical (unpaired) electrons. The van der Waals surface area contributed by atoms with Crippen LogP contribution in [0.1, 0.15) is 0 Å². The zero-order valence-corrected chi connectivity index (χ0v) is 11.7. The number of carboxylic acids is 1. The molecule has 0 fully saturated rings. The second-order valence-electron chi connectivity index (χ2n) is 2.97. The quantitative estimate of drug-likeness (QED) is 0.293. The maximum Gasteiger partial charge on any atom is 0.321 e. The summed E-state index contributed by atoms with van der Waals surface area (Å²) in [5.41, 5.74) is 5.05. The Balaban J connectivity index is 0.000000360. The van der Waals surface area contributed by atoms with E-state index in [9.17, 15) is 14.9 Å². The highest BCUT2D eigenvalue weighted by Crippen LogP contribution is 2.23. The molecule has 1 aromatic rings. The van der Waals surface area contributed by atoms with Gasteiger partial charge in [-0.05, 0) is 12.1 Å². The molecule has 3 N–H and O–H groups in total. The van der Waals surface area contributed by atoms with Gasteiger partial charge in [0.05, 0.1) is 4.92 Å². The van der Waals surface area contributed by atoms with Crippen molar-refractivity contribution >= 4 is 46.7 Å². The van der Waals surface area contributed by atoms with E-state index in [-0.39, 0.29) is 11.4 Å². The third-order valence-electron chi connectivity index (χ3n) is 1.67. The predicted octanol–water partition coefficient (Wildman–Crippen LogP) is 1.86. The van der Waals surface area contributed by atoms with Crippen LogP contribution in [0, 0.1) is 10.1 Å². The Morgan fingerprint density at radius 3 is 2.22 bits per heavy atom. The van der Waals surface area contributed by atoms with Crippen LogP contribution in [0.4, 0.5) is 5.69 Å². The van der Waals surface area contributed by atoms with Crippen LogP contribution in [0.15, 0.2) is 29.2 Å². The van der Waals surface area contributed by atoms with Gasteiger partial charge in [0.1, 0.15) is 6.04 Å². The largest absolute Gasteiger partial charge is 0.480 e. The van der Waals surface area contributed by atoms with Crippen molar-refractivity contribution in [2.45, 2.75) is 10.9 Å². The second kappa shape index (κ2) is 9.09. The van der Waals surface area contributed by atoms with E-state index >= 15 is 0 Å². The SMILES string of the molecule is N[C@@H](CS)C(=O)O.O=[N+]([O-])c1ccc(SS)cc1. The van der Waals surface area contributed by atoms with E-state index in [1.54, 1.807) is 12.1 Å². The Bertz CT molecular complexity index is 399. The minimum atomic E-state index is -1.00. The number of carboxylic acid groups (broad SMARTS) is 1. The Kier molecular flexibility index (Phi) is 8.63. The molecule has 6 nitrogen and oxygen atoms in total. The summed E-state index contributed by atoms with van der Waals surface area (Å²) < 4.78 is 0. The fraction of sp³-hybridized carbons (Fsp3) is 0.222. The van der Waals surface area contributed by atoms with Crippen LogP contribution in [0.5, 0.6) is 0 Å². The summed E-state index contributed by atoms with van der Waals surface area (Å²) >= 11 is 7.59. The van der Waals surface area contributed by atoms with Gasteiger partial charge in [-0.3, -0.25) is 14.9 Å². The lowest BCUT2D eigenvalue weighted by molar-refractivity contribution is -0.384. The van der Waals surface area contributed by atoms with Crippen molar-refractivity contribution in [2.75, 3.05) is 5.75 Å². The molecular formula is C9H12N2O4S3. The predicted molar refractivity (Wildman–Crippen MR) is 77.4 cm³/mol. The lowest BCUT2D eigenvalue weighted by Crippen LogP contribution is -2.31. The number of benzene rings is 1. The van der Waals surface area contributed by atoms with Crippen LogP contribution >= 0.6 is 35.1 Å². The molecule has 9 heteroatoms. The summed E-state index contributed by atoms with van der Waals surface area (Å²) in [6, 6.07) is 5.42. The molecule has 0 bridgehead atoms. The second-order valence-corrected chi connectivity index (χ2v) is 4.54. The normalized spacial score (nSPS) is 11.1. The molecule has 0 spiro atoms. The first kappa shape index (κ1) is 17.1. The van der Waals surface area contributed by atoms with E-state index in [0.29, 0.717) is 0 Å². The summed E-state index contributed by atoms with van der Waals surface area (Å²) in [5.74, 6) is -0.815. The highest BCUT2D eigenvalue weighted by molar-refractivity contribution is 8.68. The highest BCUT2D eigenvalue weighted by Gasteiger charge is 2.06. The molecule has 0 aliphatic rings. The average molecular weight is 308 g/mol. The Morgan fingerprint density at radius 2 is 2.00 bits per heavy atom. The number of nitro benzene ring substituents is 1. The number of nitrogens with zero attached hydrogens (tertiary/aromatic N) is 1. The monoisotopic (exact) mass is 308 g/mol. The smallest absolute Gasteiger partial charge is 0.321 e. The van der Waals surface area contributed by atoms with Crippen LogP contribution in [-0.4, -0.2) is 27.8 Å². The van der Waals surface area contributed by atoms with E-state index in [1.165, 1.54) is 22.9 Å². The van der Waals surface area contributed by atoms with E-state index in [1.807, 2.05) is 0 Å². The standard InChI is InChI=1S/C6H5NO2S2.C3H7NO2S/c8-7(9)5-1-3-6(11-10)4-2-5;4-2(1-7)3(5)6/h1-4,10H;2,7H,1,4H2,(H,5,6)/t;2-/m.0/s1. The van der Waals surface area contributed by atoms with Gasteiger partial charge in [-0.15, -0.1) is 11.7 Å². The van der Waals surface area contributed by atoms with Gasteiger partial charge in [0.25, 0.3) is 5.69 Å². The highest BCUT2D eigenvalue weighted by atomic mass is 33.1. The van der Waals surface area contributed by atoms with Crippen LogP contribution in [0.3, 0.4) is 0 Å². The first-order valence-electron chi connectivity index (χ1n) is 4.57. The molecule has 0 aromatic heterocycles. The number of nitrogens with two attached hydrogens (primary N) is 1. The van der Waals surface area contributed by atoms with Crippen molar-refractivity contribution in [3.63, 3.8) is 0 Å². The van der Waals surface area contributed by atoms with Crippen LogP contribution in [0.2, 0.25) is 0 Å². The Morgan fingerprint density at radius 1 is 1.50 bits per heavy atom. The summed E-state index contributed by atoms with van der Waals surface area (Å²) in [6.07, 6.45) is 0. The molecular weight excluding hydrogens is 296 g/mol. The number of rotatable bonds is 4. The molecule has 1 rings (SSSR count). The maximum absolute atomic E-state index is 10.2. The fourth-order valence-electron chi connectivity index (χ4n) is 0.707. The molecule has 0 unspecified atom stereocenters. The number of hydrogen-bond acceptors (Lipinski definition) is 7. The molecule has 1 aromatic carbocycles. The molecule has 0 aliphatic carbocycles. The van der Waals surface area contributed by atoms with Gasteiger partial charge >= 0.3 is 5.97 Å². The van der Waals surface area contributed by atoms with Crippen LogP contribution < -0.4 is 5.73 Å². The van der Waals surface area contributed by atoms with Gasteiger partial charge in [-0.2, -0.15) is 12.6 Å². The minimum absolute atomic E-state index is 0.108. The summed E-state index contributed by atoms with van der Waals surface area (Å²) in [4.78, 5) is 20.4. The van der Waals surface area contributed by atoms with Crippen LogP contribution in [0.25, 0.3) is 0 Å². The van der Waals surface area contributed by atoms with Crippen molar-refractivity contribution < 1.29 is 14.8 Å². The van der Waals surface area contributed by atoms with Gasteiger partial charge in [0.15, 0.2) is 0 Å². The molecule has 0 amide bonds. The zero-order chi connectivity index (χ0) is 14.1. The van der Waals surface area contributed by atoms with E-state index in [2.05, 4.69) is 24.3 Å². The van der Waals surface area contributed by atoms with Gasteiger partial charge in [0, 0.05) is 22.8 Å². The first-order chi connectivity index (χ1) is 8.42. The average Bonchev–Trinajstić information content (AvgIpc) is 2.38. The summed E-state index contributed by atoms with van der Waals surface area (Å²) in [6.45, 7) is 0. The minimum Gasteiger partial charge on any atom is -0.480 e. The number of thiol groups is 2. The van der Waals surface area contributed by atoms with E-state index in [4.69, 9.17) is 10.8 Å². The topological polar surface area (TPSA) is 106 Å². The Hall–Kier alpha value is -0.900. The molecule has 0 heterocycles. The summed E-state index contributed by atoms with van der Waals surface area (Å²) in [7, 11) is 1.26. The third kappa shape index (κ3) is 6.74. The van der Waals surface area contributed by atoms with Gasteiger partial charge in [-0.25, -0.2) is 0 Å². The number of non-ortho nitro benzene ring substituents is 1. The first-order valence-corrected chi connectivity index (χ1v) is 7.07. The third-order valence-corrected chi connectivity index (χ3v) is 3.18. The molecule has 1 atom stereocenters. The van der Waals surface area contributed by atoms with E-state index < -0.39 is 16.9 Å². The zero-order valence-electron chi connectivity index (χ0n) is 9.09. The van der Waals surface area contributed by atoms with Crippen molar-refractivity contribution in [2.24, 2.45) is 5.73 Å². The van der Waals surface area contributed by atoms with Crippen molar-refractivity contribution in [3.05, 3.63) is 34.4 Å². The number of hydrogen-bond donors (Lipinski definition) is 4. The molecule has 0 saturated heterocycles. The number of aliphatic carboxylic acids is 1. The maximum atomic E-state index is 10.2. The lowest BCUT2D eigenvalue weighted by atomic mass is 10.3. The summed E-state index contributed by atoms with van der Waals surface area (Å²) in [5, 5.41) is 18.2. The Labute approximate surface area is 118 Å². The van der Waals surface area contributed by atoms with Gasteiger partial charge < -0.3 is 10.8 Å². The van der Waals surface area contributed by atoms with E-state index in [0.717, 1.165) is 4.90 Å². The van der Waals surface area contributed by atoms with Crippen molar-refractivity contribution in [1.29, 1.82) is 0 Å².